The molecule has 2 aliphatic rings. The lowest BCUT2D eigenvalue weighted by Crippen LogP contribution is -2.45. The minimum Gasteiger partial charge on any atom is -0.304 e. The van der Waals surface area contributed by atoms with Crippen LogP contribution in [0.15, 0.2) is 53.6 Å². The third-order valence-corrected chi connectivity index (χ3v) is 8.72. The maximum atomic E-state index is 14.8. The summed E-state index contributed by atoms with van der Waals surface area (Å²) in [5.74, 6) is -0.984. The Balaban J connectivity index is 1.51. The fourth-order valence-corrected chi connectivity index (χ4v) is 6.72. The van der Waals surface area contributed by atoms with Crippen molar-refractivity contribution in [1.82, 2.24) is 20.0 Å². The molecule has 1 aromatic heterocycles. The Morgan fingerprint density at radius 1 is 1.00 bits per heavy atom. The molecule has 184 valence electrons. The van der Waals surface area contributed by atoms with Crippen LogP contribution in [-0.2, 0) is 4.87 Å². The molecule has 3 heterocycles. The van der Waals surface area contributed by atoms with Crippen LogP contribution in [0.3, 0.4) is 0 Å². The number of likely N-dealkylation sites (N-methyl/N-ethyl adjacent to an activating group) is 1. The minimum atomic E-state index is -0.645. The van der Waals surface area contributed by atoms with E-state index in [1.807, 2.05) is 30.1 Å². The van der Waals surface area contributed by atoms with E-state index >= 15 is 0 Å². The Bertz CT molecular complexity index is 1200. The number of benzene rings is 2. The number of aromatic nitrogens is 2. The molecule has 3 aromatic rings. The van der Waals surface area contributed by atoms with E-state index < -0.39 is 16.5 Å². The number of piperazine rings is 1. The van der Waals surface area contributed by atoms with Crippen molar-refractivity contribution in [3.8, 4) is 0 Å². The summed E-state index contributed by atoms with van der Waals surface area (Å²) in [6, 6.07) is 13.6. The molecule has 0 spiro atoms. The lowest BCUT2D eigenvalue weighted by atomic mass is 10.00. The van der Waals surface area contributed by atoms with E-state index in [1.165, 1.54) is 29.2 Å². The van der Waals surface area contributed by atoms with E-state index in [9.17, 15) is 8.78 Å². The summed E-state index contributed by atoms with van der Waals surface area (Å²) in [4.78, 5) is 4.20. The van der Waals surface area contributed by atoms with Gasteiger partial charge in [-0.05, 0) is 57.1 Å². The zero-order valence-electron chi connectivity index (χ0n) is 19.8. The SMILES string of the molecule is Cc1nnc(N2N=C(c3cc(F)ccc3F)SC2(CCCN2CCN(C)CC2)c2ccccc2)s1. The number of thioether (sulfide) groups is 1. The Morgan fingerprint density at radius 3 is 2.49 bits per heavy atom. The molecule has 1 unspecified atom stereocenters. The van der Waals surface area contributed by atoms with E-state index in [0.29, 0.717) is 10.2 Å². The summed E-state index contributed by atoms with van der Waals surface area (Å²) in [6.45, 7) is 7.12. The van der Waals surface area contributed by atoms with Gasteiger partial charge in [0.2, 0.25) is 5.13 Å². The second kappa shape index (κ2) is 10.3. The fraction of sp³-hybridized carbons (Fsp3) is 0.400. The summed E-state index contributed by atoms with van der Waals surface area (Å²) in [5, 5.41) is 17.2. The van der Waals surface area contributed by atoms with E-state index in [4.69, 9.17) is 5.10 Å². The number of aryl methyl sites for hydroxylation is 1. The Labute approximate surface area is 212 Å². The van der Waals surface area contributed by atoms with Crippen molar-refractivity contribution in [1.29, 1.82) is 0 Å². The number of hydrazone groups is 1. The van der Waals surface area contributed by atoms with Gasteiger partial charge in [0, 0.05) is 31.7 Å². The molecule has 0 radical (unpaired) electrons. The van der Waals surface area contributed by atoms with Crippen LogP contribution in [0.1, 0.15) is 29.0 Å². The third kappa shape index (κ3) is 5.11. The fourth-order valence-electron chi connectivity index (χ4n) is 4.53. The quantitative estimate of drug-likeness (QED) is 0.446. The number of nitrogens with zero attached hydrogens (tertiary/aromatic N) is 6. The van der Waals surface area contributed by atoms with Crippen molar-refractivity contribution in [2.24, 2.45) is 5.10 Å². The van der Waals surface area contributed by atoms with E-state index in [-0.39, 0.29) is 5.56 Å². The highest BCUT2D eigenvalue weighted by Crippen LogP contribution is 2.52. The van der Waals surface area contributed by atoms with Gasteiger partial charge in [-0.25, -0.2) is 13.8 Å². The average molecular weight is 515 g/mol. The normalized spacial score (nSPS) is 21.5. The molecule has 1 fully saturated rings. The second-order valence-corrected chi connectivity index (χ2v) is 11.4. The monoisotopic (exact) mass is 514 g/mol. The van der Waals surface area contributed by atoms with Gasteiger partial charge in [0.25, 0.3) is 0 Å². The van der Waals surface area contributed by atoms with Gasteiger partial charge < -0.3 is 9.80 Å². The molecule has 2 aliphatic heterocycles. The van der Waals surface area contributed by atoms with Crippen molar-refractivity contribution >= 4 is 33.3 Å². The summed E-state index contributed by atoms with van der Waals surface area (Å²) in [6.07, 6.45) is 1.69. The largest absolute Gasteiger partial charge is 0.304 e. The average Bonchev–Trinajstić information content (AvgIpc) is 3.47. The first-order chi connectivity index (χ1) is 16.9. The Morgan fingerprint density at radius 2 is 1.77 bits per heavy atom. The molecule has 1 atom stereocenters. The van der Waals surface area contributed by atoms with Gasteiger partial charge in [0.15, 0.2) is 0 Å². The molecule has 0 amide bonds. The topological polar surface area (TPSA) is 47.9 Å². The molecular weight excluding hydrogens is 486 g/mol. The van der Waals surface area contributed by atoms with Gasteiger partial charge >= 0.3 is 0 Å². The van der Waals surface area contributed by atoms with Gasteiger partial charge in [-0.3, -0.25) is 0 Å². The van der Waals surface area contributed by atoms with E-state index in [0.717, 1.165) is 68.3 Å². The summed E-state index contributed by atoms with van der Waals surface area (Å²) in [5.41, 5.74) is 1.21. The highest BCUT2D eigenvalue weighted by Gasteiger charge is 2.48. The Hall–Kier alpha value is -2.40. The Kier molecular flexibility index (Phi) is 7.15. The van der Waals surface area contributed by atoms with Crippen LogP contribution in [0, 0.1) is 18.6 Å². The molecule has 0 N–H and O–H groups in total. The van der Waals surface area contributed by atoms with Crippen molar-refractivity contribution in [2.75, 3.05) is 44.8 Å². The minimum absolute atomic E-state index is 0.165. The summed E-state index contributed by atoms with van der Waals surface area (Å²) in [7, 11) is 2.16. The predicted molar refractivity (Wildman–Crippen MR) is 139 cm³/mol. The van der Waals surface area contributed by atoms with Crippen molar-refractivity contribution in [3.05, 3.63) is 76.3 Å². The molecule has 2 aromatic carbocycles. The molecule has 0 saturated carbocycles. The maximum Gasteiger partial charge on any atom is 0.230 e. The number of anilines is 1. The second-order valence-electron chi connectivity index (χ2n) is 8.95. The van der Waals surface area contributed by atoms with Gasteiger partial charge in [-0.1, -0.05) is 53.4 Å². The molecule has 0 bridgehead atoms. The summed E-state index contributed by atoms with van der Waals surface area (Å²) >= 11 is 2.92. The van der Waals surface area contributed by atoms with Crippen molar-refractivity contribution in [2.45, 2.75) is 24.6 Å². The van der Waals surface area contributed by atoms with Crippen LogP contribution < -0.4 is 5.01 Å². The standard InChI is InChI=1S/C25H28F2N6S2/c1-18-28-29-24(34-18)33-25(19-7-4-3-5-8-19,11-6-12-32-15-13-31(2)14-16-32)35-23(30-33)21-17-20(26)9-10-22(21)27/h3-5,7-10,17H,6,11-16H2,1-2H3. The molecule has 5 rings (SSSR count). The highest BCUT2D eigenvalue weighted by atomic mass is 32.2. The molecular formula is C25H28F2N6S2. The zero-order valence-corrected chi connectivity index (χ0v) is 21.5. The lowest BCUT2D eigenvalue weighted by Gasteiger charge is -2.37. The van der Waals surface area contributed by atoms with Crippen LogP contribution in [-0.4, -0.2) is 64.8 Å². The van der Waals surface area contributed by atoms with Crippen molar-refractivity contribution < 1.29 is 8.78 Å². The number of rotatable bonds is 7. The van der Waals surface area contributed by atoms with Crippen LogP contribution >= 0.6 is 23.1 Å². The third-order valence-electron chi connectivity index (χ3n) is 6.46. The van der Waals surface area contributed by atoms with Crippen LogP contribution in [0.25, 0.3) is 0 Å². The first kappa shape index (κ1) is 24.3. The number of halogens is 2. The number of hydrogen-bond donors (Lipinski definition) is 0. The van der Waals surface area contributed by atoms with Crippen molar-refractivity contribution in [3.63, 3.8) is 0 Å². The first-order valence-electron chi connectivity index (χ1n) is 11.7. The van der Waals surface area contributed by atoms with Crippen LogP contribution in [0.5, 0.6) is 0 Å². The van der Waals surface area contributed by atoms with Crippen LogP contribution in [0.4, 0.5) is 13.9 Å². The predicted octanol–water partition coefficient (Wildman–Crippen LogP) is 4.92. The number of hydrogen-bond acceptors (Lipinski definition) is 8. The highest BCUT2D eigenvalue weighted by molar-refractivity contribution is 8.15. The van der Waals surface area contributed by atoms with Gasteiger partial charge in [-0.2, -0.15) is 5.10 Å². The molecule has 0 aliphatic carbocycles. The summed E-state index contributed by atoms with van der Waals surface area (Å²) < 4.78 is 28.9. The molecule has 6 nitrogen and oxygen atoms in total. The van der Waals surface area contributed by atoms with Gasteiger partial charge in [0.1, 0.15) is 26.6 Å². The van der Waals surface area contributed by atoms with Gasteiger partial charge in [0.05, 0.1) is 0 Å². The lowest BCUT2D eigenvalue weighted by molar-refractivity contribution is 0.151. The molecule has 10 heteroatoms. The zero-order chi connectivity index (χ0) is 24.4. The van der Waals surface area contributed by atoms with Crippen LogP contribution in [0.2, 0.25) is 0 Å². The molecule has 1 saturated heterocycles. The van der Waals surface area contributed by atoms with E-state index in [2.05, 4.69) is 39.2 Å². The smallest absolute Gasteiger partial charge is 0.230 e. The maximum absolute atomic E-state index is 14.8. The van der Waals surface area contributed by atoms with E-state index in [1.54, 1.807) is 0 Å². The molecule has 35 heavy (non-hydrogen) atoms. The first-order valence-corrected chi connectivity index (χ1v) is 13.4. The van der Waals surface area contributed by atoms with Gasteiger partial charge in [-0.15, -0.1) is 10.2 Å².